The Kier molecular flexibility index (Phi) is 3.64. The topological polar surface area (TPSA) is 49.8 Å². The molecular weight excluding hydrogens is 218 g/mol. The lowest BCUT2D eigenvalue weighted by Crippen LogP contribution is -2.42. The standard InChI is InChI=1S/C13H17NO3/c1-17-12-7-3-2-6-11(12)13(16)14-8-4-5-10(15)9-14/h2-3,6-7,10,15H,4-5,8-9H2,1H3/t10-/m0/s1. The Morgan fingerprint density at radius 2 is 2.24 bits per heavy atom. The second-order valence-corrected chi connectivity index (χ2v) is 4.25. The van der Waals surface area contributed by atoms with Crippen LogP contribution in [0.5, 0.6) is 5.75 Å². The minimum atomic E-state index is -0.401. The first-order chi connectivity index (χ1) is 8.22. The Hall–Kier alpha value is -1.55. The summed E-state index contributed by atoms with van der Waals surface area (Å²) in [7, 11) is 1.55. The third-order valence-corrected chi connectivity index (χ3v) is 3.02. The van der Waals surface area contributed by atoms with Crippen molar-refractivity contribution in [3.05, 3.63) is 29.8 Å². The van der Waals surface area contributed by atoms with Crippen molar-refractivity contribution < 1.29 is 14.6 Å². The SMILES string of the molecule is COc1ccccc1C(=O)N1CCC[C@H](O)C1. The first-order valence-corrected chi connectivity index (χ1v) is 5.82. The van der Waals surface area contributed by atoms with E-state index in [0.717, 1.165) is 12.8 Å². The molecule has 1 aliphatic rings. The molecule has 1 aromatic carbocycles. The van der Waals surface area contributed by atoms with Crippen molar-refractivity contribution in [3.8, 4) is 5.75 Å². The van der Waals surface area contributed by atoms with E-state index in [9.17, 15) is 9.90 Å². The number of β-amino-alcohol motifs (C(OH)–C–C–N with tert-alkyl or cyclic N) is 1. The number of rotatable bonds is 2. The molecule has 0 aliphatic carbocycles. The van der Waals surface area contributed by atoms with Gasteiger partial charge in [0, 0.05) is 13.1 Å². The van der Waals surface area contributed by atoms with E-state index in [1.54, 1.807) is 24.1 Å². The smallest absolute Gasteiger partial charge is 0.257 e. The second-order valence-electron chi connectivity index (χ2n) is 4.25. The number of carbonyl (C=O) groups excluding carboxylic acids is 1. The second kappa shape index (κ2) is 5.19. The Labute approximate surface area is 101 Å². The quantitative estimate of drug-likeness (QED) is 0.840. The molecule has 0 spiro atoms. The van der Waals surface area contributed by atoms with Crippen molar-refractivity contribution in [2.24, 2.45) is 0 Å². The van der Waals surface area contributed by atoms with Crippen LogP contribution in [0.15, 0.2) is 24.3 Å². The monoisotopic (exact) mass is 235 g/mol. The van der Waals surface area contributed by atoms with Crippen LogP contribution in [-0.2, 0) is 0 Å². The summed E-state index contributed by atoms with van der Waals surface area (Å²) in [4.78, 5) is 13.9. The maximum atomic E-state index is 12.3. The summed E-state index contributed by atoms with van der Waals surface area (Å²) in [6, 6.07) is 7.17. The molecular formula is C13H17NO3. The number of aliphatic hydroxyl groups is 1. The van der Waals surface area contributed by atoms with Gasteiger partial charge in [-0.05, 0) is 25.0 Å². The fraction of sp³-hybridized carbons (Fsp3) is 0.462. The third kappa shape index (κ3) is 2.58. The fourth-order valence-electron chi connectivity index (χ4n) is 2.13. The molecule has 1 aliphatic heterocycles. The molecule has 1 atom stereocenters. The molecule has 1 fully saturated rings. The van der Waals surface area contributed by atoms with E-state index < -0.39 is 6.10 Å². The highest BCUT2D eigenvalue weighted by Gasteiger charge is 2.24. The normalized spacial score (nSPS) is 20.1. The van der Waals surface area contributed by atoms with Crippen LogP contribution in [0.25, 0.3) is 0 Å². The summed E-state index contributed by atoms with van der Waals surface area (Å²) in [5, 5.41) is 9.58. The van der Waals surface area contributed by atoms with Crippen molar-refractivity contribution in [3.63, 3.8) is 0 Å². The average Bonchev–Trinajstić information content (AvgIpc) is 2.38. The van der Waals surface area contributed by atoms with E-state index in [4.69, 9.17) is 4.74 Å². The number of benzene rings is 1. The maximum Gasteiger partial charge on any atom is 0.257 e. The maximum absolute atomic E-state index is 12.3. The molecule has 17 heavy (non-hydrogen) atoms. The largest absolute Gasteiger partial charge is 0.496 e. The van der Waals surface area contributed by atoms with Crippen LogP contribution >= 0.6 is 0 Å². The molecule has 4 heteroatoms. The van der Waals surface area contributed by atoms with Gasteiger partial charge in [0.05, 0.1) is 18.8 Å². The lowest BCUT2D eigenvalue weighted by molar-refractivity contribution is 0.0471. The van der Waals surface area contributed by atoms with E-state index in [1.807, 2.05) is 12.1 Å². The van der Waals surface area contributed by atoms with Crippen LogP contribution < -0.4 is 4.74 Å². The number of likely N-dealkylation sites (tertiary alicyclic amines) is 1. The number of aliphatic hydroxyl groups excluding tert-OH is 1. The van der Waals surface area contributed by atoms with E-state index in [1.165, 1.54) is 0 Å². The van der Waals surface area contributed by atoms with Gasteiger partial charge in [-0.1, -0.05) is 12.1 Å². The molecule has 2 rings (SSSR count). The van der Waals surface area contributed by atoms with E-state index in [2.05, 4.69) is 0 Å². The molecule has 1 aromatic rings. The fourth-order valence-corrected chi connectivity index (χ4v) is 2.13. The van der Waals surface area contributed by atoms with Crippen LogP contribution in [0.1, 0.15) is 23.2 Å². The minimum Gasteiger partial charge on any atom is -0.496 e. The van der Waals surface area contributed by atoms with Gasteiger partial charge in [-0.2, -0.15) is 0 Å². The van der Waals surface area contributed by atoms with Crippen molar-refractivity contribution in [1.82, 2.24) is 4.90 Å². The number of amides is 1. The Bertz CT molecular complexity index is 405. The summed E-state index contributed by atoms with van der Waals surface area (Å²) >= 11 is 0. The number of para-hydroxylation sites is 1. The Morgan fingerprint density at radius 1 is 1.47 bits per heavy atom. The third-order valence-electron chi connectivity index (χ3n) is 3.02. The lowest BCUT2D eigenvalue weighted by atomic mass is 10.1. The highest BCUT2D eigenvalue weighted by atomic mass is 16.5. The van der Waals surface area contributed by atoms with Crippen LogP contribution in [-0.4, -0.2) is 42.2 Å². The summed E-state index contributed by atoms with van der Waals surface area (Å²) < 4.78 is 5.17. The van der Waals surface area contributed by atoms with Crippen LogP contribution in [0.3, 0.4) is 0 Å². The summed E-state index contributed by atoms with van der Waals surface area (Å²) in [6.07, 6.45) is 1.22. The predicted octanol–water partition coefficient (Wildman–Crippen LogP) is 1.29. The average molecular weight is 235 g/mol. The molecule has 0 bridgehead atoms. The molecule has 0 saturated carbocycles. The van der Waals surface area contributed by atoms with Gasteiger partial charge in [0.15, 0.2) is 0 Å². The zero-order valence-corrected chi connectivity index (χ0v) is 9.93. The number of hydrogen-bond acceptors (Lipinski definition) is 3. The Morgan fingerprint density at radius 3 is 2.94 bits per heavy atom. The molecule has 4 nitrogen and oxygen atoms in total. The molecule has 1 N–H and O–H groups in total. The zero-order chi connectivity index (χ0) is 12.3. The molecule has 0 unspecified atom stereocenters. The van der Waals surface area contributed by atoms with Gasteiger partial charge in [0.25, 0.3) is 5.91 Å². The van der Waals surface area contributed by atoms with Gasteiger partial charge in [0.2, 0.25) is 0 Å². The minimum absolute atomic E-state index is 0.0683. The van der Waals surface area contributed by atoms with Crippen molar-refractivity contribution in [2.75, 3.05) is 20.2 Å². The number of carbonyl (C=O) groups is 1. The lowest BCUT2D eigenvalue weighted by Gasteiger charge is -2.30. The van der Waals surface area contributed by atoms with E-state index in [0.29, 0.717) is 24.4 Å². The van der Waals surface area contributed by atoms with Crippen molar-refractivity contribution >= 4 is 5.91 Å². The number of methoxy groups -OCH3 is 1. The van der Waals surface area contributed by atoms with E-state index >= 15 is 0 Å². The van der Waals surface area contributed by atoms with Crippen molar-refractivity contribution in [2.45, 2.75) is 18.9 Å². The summed E-state index contributed by atoms with van der Waals surface area (Å²) in [5.74, 6) is 0.513. The van der Waals surface area contributed by atoms with E-state index in [-0.39, 0.29) is 5.91 Å². The van der Waals surface area contributed by atoms with Crippen LogP contribution in [0, 0.1) is 0 Å². The molecule has 1 saturated heterocycles. The zero-order valence-electron chi connectivity index (χ0n) is 9.93. The molecule has 92 valence electrons. The molecule has 0 radical (unpaired) electrons. The van der Waals surface area contributed by atoms with Crippen LogP contribution in [0.4, 0.5) is 0 Å². The first-order valence-electron chi connectivity index (χ1n) is 5.82. The number of ether oxygens (including phenoxy) is 1. The molecule has 1 heterocycles. The number of nitrogens with zero attached hydrogens (tertiary/aromatic N) is 1. The van der Waals surface area contributed by atoms with Gasteiger partial charge < -0.3 is 14.7 Å². The highest BCUT2D eigenvalue weighted by Crippen LogP contribution is 2.21. The predicted molar refractivity (Wildman–Crippen MR) is 64.1 cm³/mol. The highest BCUT2D eigenvalue weighted by molar-refractivity contribution is 5.97. The van der Waals surface area contributed by atoms with Gasteiger partial charge in [0.1, 0.15) is 5.75 Å². The summed E-state index contributed by atoms with van der Waals surface area (Å²) in [6.45, 7) is 1.12. The van der Waals surface area contributed by atoms with Crippen molar-refractivity contribution in [1.29, 1.82) is 0 Å². The first kappa shape index (κ1) is 11.9. The summed E-state index contributed by atoms with van der Waals surface area (Å²) in [5.41, 5.74) is 0.559. The van der Waals surface area contributed by atoms with Crippen LogP contribution in [0.2, 0.25) is 0 Å². The van der Waals surface area contributed by atoms with Gasteiger partial charge in [-0.3, -0.25) is 4.79 Å². The molecule has 1 amide bonds. The number of hydrogen-bond donors (Lipinski definition) is 1. The Balaban J connectivity index is 2.18. The number of piperidine rings is 1. The van der Waals surface area contributed by atoms with Gasteiger partial charge in [-0.25, -0.2) is 0 Å². The molecule has 0 aromatic heterocycles. The van der Waals surface area contributed by atoms with Gasteiger partial charge in [-0.15, -0.1) is 0 Å². The van der Waals surface area contributed by atoms with Gasteiger partial charge >= 0.3 is 0 Å².